The van der Waals surface area contributed by atoms with E-state index < -0.39 is 0 Å². The quantitative estimate of drug-likeness (QED) is 0.698. The second kappa shape index (κ2) is 10.6. The third kappa shape index (κ3) is 5.41. The summed E-state index contributed by atoms with van der Waals surface area (Å²) in [5, 5.41) is 6.29. The van der Waals surface area contributed by atoms with Crippen LogP contribution in [-0.4, -0.2) is 55.1 Å². The van der Waals surface area contributed by atoms with Crippen molar-refractivity contribution in [1.82, 2.24) is 20.4 Å². The van der Waals surface area contributed by atoms with Crippen LogP contribution in [0, 0.1) is 0 Å². The molecule has 0 aliphatic carbocycles. The second-order valence-electron chi connectivity index (χ2n) is 8.43. The number of nitrogens with one attached hydrogen (secondary N) is 2. The highest BCUT2D eigenvalue weighted by molar-refractivity contribution is 5.74. The summed E-state index contributed by atoms with van der Waals surface area (Å²) in [6, 6.07) is 21.5. The molecule has 2 unspecified atom stereocenters. The van der Waals surface area contributed by atoms with Crippen LogP contribution in [0.1, 0.15) is 48.9 Å². The first-order valence-electron chi connectivity index (χ1n) is 11.4. The molecule has 2 aliphatic heterocycles. The molecule has 0 spiro atoms. The van der Waals surface area contributed by atoms with Gasteiger partial charge in [0.2, 0.25) is 0 Å². The fraction of sp³-hybridized carbons (Fsp3) is 0.480. The maximum Gasteiger partial charge on any atom is 0.314 e. The summed E-state index contributed by atoms with van der Waals surface area (Å²) in [7, 11) is 0. The van der Waals surface area contributed by atoms with Gasteiger partial charge in [-0.3, -0.25) is 9.80 Å². The smallest absolute Gasteiger partial charge is 0.314 e. The minimum Gasteiger partial charge on any atom is -0.336 e. The van der Waals surface area contributed by atoms with Gasteiger partial charge in [0, 0.05) is 13.1 Å². The zero-order valence-corrected chi connectivity index (χ0v) is 17.8. The molecule has 2 aliphatic rings. The van der Waals surface area contributed by atoms with E-state index in [0.29, 0.717) is 13.1 Å². The Labute approximate surface area is 180 Å². The summed E-state index contributed by atoms with van der Waals surface area (Å²) in [6.07, 6.45) is 4.96. The number of hydrogen-bond donors (Lipinski definition) is 2. The first-order chi connectivity index (χ1) is 14.8. The summed E-state index contributed by atoms with van der Waals surface area (Å²) in [4.78, 5) is 17.7. The highest BCUT2D eigenvalue weighted by Crippen LogP contribution is 2.25. The number of rotatable bonds is 8. The van der Waals surface area contributed by atoms with Crippen molar-refractivity contribution < 1.29 is 4.79 Å². The lowest BCUT2D eigenvalue weighted by Gasteiger charge is -2.30. The van der Waals surface area contributed by atoms with E-state index in [4.69, 9.17) is 0 Å². The molecular weight excluding hydrogens is 372 g/mol. The molecule has 2 atom stereocenters. The van der Waals surface area contributed by atoms with Crippen molar-refractivity contribution in [2.75, 3.05) is 39.3 Å². The molecule has 5 heteroatoms. The minimum absolute atomic E-state index is 0.0738. The van der Waals surface area contributed by atoms with Gasteiger partial charge >= 0.3 is 6.03 Å². The van der Waals surface area contributed by atoms with Crippen LogP contribution in [0.25, 0.3) is 0 Å². The minimum atomic E-state index is -0.0738. The van der Waals surface area contributed by atoms with Crippen molar-refractivity contribution in [2.24, 2.45) is 0 Å². The lowest BCUT2D eigenvalue weighted by molar-refractivity contribution is 0.210. The zero-order chi connectivity index (χ0) is 20.6. The number of hydrogen-bond acceptors (Lipinski definition) is 3. The number of nitrogens with zero attached hydrogens (tertiary/aromatic N) is 2. The van der Waals surface area contributed by atoms with Crippen LogP contribution in [-0.2, 0) is 0 Å². The molecule has 2 saturated heterocycles. The number of urea groups is 1. The maximum atomic E-state index is 12.7. The van der Waals surface area contributed by atoms with Gasteiger partial charge in [0.1, 0.15) is 0 Å². The molecule has 0 radical (unpaired) electrons. The van der Waals surface area contributed by atoms with Crippen LogP contribution in [0.4, 0.5) is 4.79 Å². The van der Waals surface area contributed by atoms with E-state index in [0.717, 1.165) is 26.2 Å². The molecule has 2 fully saturated rings. The maximum absolute atomic E-state index is 12.7. The summed E-state index contributed by atoms with van der Waals surface area (Å²) in [6.45, 7) is 5.69. The van der Waals surface area contributed by atoms with E-state index in [1.807, 2.05) is 12.1 Å². The Bertz CT molecular complexity index is 705. The lowest BCUT2D eigenvalue weighted by Crippen LogP contribution is -2.44. The monoisotopic (exact) mass is 406 g/mol. The Morgan fingerprint density at radius 1 is 0.667 bits per heavy atom. The Balaban J connectivity index is 1.34. The third-order valence-corrected chi connectivity index (χ3v) is 6.44. The molecule has 2 aromatic rings. The Hall–Kier alpha value is -2.37. The molecule has 2 aromatic carbocycles. The molecular formula is C25H34N4O. The molecule has 0 aromatic heterocycles. The second-order valence-corrected chi connectivity index (χ2v) is 8.43. The molecule has 5 nitrogen and oxygen atoms in total. The molecule has 0 saturated carbocycles. The van der Waals surface area contributed by atoms with Crippen LogP contribution < -0.4 is 10.6 Å². The fourth-order valence-corrected chi connectivity index (χ4v) is 4.81. The highest BCUT2D eigenvalue weighted by Gasteiger charge is 2.25. The average Bonchev–Trinajstić information content (AvgIpc) is 3.51. The van der Waals surface area contributed by atoms with Gasteiger partial charge in [-0.2, -0.15) is 0 Å². The fourth-order valence-electron chi connectivity index (χ4n) is 4.81. The van der Waals surface area contributed by atoms with Crippen molar-refractivity contribution in [1.29, 1.82) is 0 Å². The first-order valence-corrected chi connectivity index (χ1v) is 11.4. The van der Waals surface area contributed by atoms with E-state index in [1.54, 1.807) is 0 Å². The van der Waals surface area contributed by atoms with Crippen LogP contribution in [0.5, 0.6) is 0 Å². The molecule has 0 bridgehead atoms. The van der Waals surface area contributed by atoms with Gasteiger partial charge in [-0.1, -0.05) is 60.7 Å². The van der Waals surface area contributed by atoms with Gasteiger partial charge in [-0.15, -0.1) is 0 Å². The van der Waals surface area contributed by atoms with Gasteiger partial charge in [-0.05, 0) is 63.0 Å². The van der Waals surface area contributed by atoms with Crippen LogP contribution in [0.15, 0.2) is 60.7 Å². The predicted octanol–water partition coefficient (Wildman–Crippen LogP) is 3.96. The number of carbonyl (C=O) groups excluding carboxylic acids is 1. The zero-order valence-electron chi connectivity index (χ0n) is 17.8. The van der Waals surface area contributed by atoms with Gasteiger partial charge in [0.15, 0.2) is 0 Å². The number of amides is 2. The van der Waals surface area contributed by atoms with Crippen molar-refractivity contribution in [3.8, 4) is 0 Å². The van der Waals surface area contributed by atoms with Crippen LogP contribution in [0.3, 0.4) is 0 Å². The molecule has 2 N–H and O–H groups in total. The summed E-state index contributed by atoms with van der Waals surface area (Å²) >= 11 is 0. The van der Waals surface area contributed by atoms with Crippen molar-refractivity contribution in [2.45, 2.75) is 37.8 Å². The lowest BCUT2D eigenvalue weighted by atomic mass is 10.1. The summed E-state index contributed by atoms with van der Waals surface area (Å²) < 4.78 is 0. The van der Waals surface area contributed by atoms with E-state index in [1.165, 1.54) is 36.8 Å². The van der Waals surface area contributed by atoms with E-state index in [2.05, 4.69) is 69.0 Å². The first kappa shape index (κ1) is 20.9. The molecule has 2 heterocycles. The molecule has 160 valence electrons. The third-order valence-electron chi connectivity index (χ3n) is 6.44. The van der Waals surface area contributed by atoms with E-state index in [-0.39, 0.29) is 18.1 Å². The topological polar surface area (TPSA) is 47.6 Å². The van der Waals surface area contributed by atoms with Gasteiger partial charge < -0.3 is 10.6 Å². The largest absolute Gasteiger partial charge is 0.336 e. The van der Waals surface area contributed by atoms with Gasteiger partial charge in [-0.25, -0.2) is 4.79 Å². The van der Waals surface area contributed by atoms with Gasteiger partial charge in [0.05, 0.1) is 12.1 Å². The Morgan fingerprint density at radius 3 is 1.40 bits per heavy atom. The van der Waals surface area contributed by atoms with E-state index >= 15 is 0 Å². The standard InChI is InChI=1S/C25H34N4O/c30-25(26-19-23(28-15-7-8-16-28)21-11-3-1-4-12-21)27-20-24(29-17-9-10-18-29)22-13-5-2-6-14-22/h1-6,11-14,23-24H,7-10,15-20H2,(H2,26,27,30). The van der Waals surface area contributed by atoms with E-state index in [9.17, 15) is 4.79 Å². The number of likely N-dealkylation sites (tertiary alicyclic amines) is 2. The SMILES string of the molecule is O=C(NCC(c1ccccc1)N1CCCC1)NCC(c1ccccc1)N1CCCC1. The predicted molar refractivity (Wildman–Crippen MR) is 121 cm³/mol. The van der Waals surface area contributed by atoms with Crippen LogP contribution in [0.2, 0.25) is 0 Å². The van der Waals surface area contributed by atoms with Gasteiger partial charge in [0.25, 0.3) is 0 Å². The molecule has 2 amide bonds. The van der Waals surface area contributed by atoms with Crippen LogP contribution >= 0.6 is 0 Å². The summed E-state index contributed by atoms with van der Waals surface area (Å²) in [5.74, 6) is 0. The van der Waals surface area contributed by atoms with Crippen molar-refractivity contribution >= 4 is 6.03 Å². The Morgan fingerprint density at radius 2 is 1.03 bits per heavy atom. The number of carbonyl (C=O) groups is 1. The highest BCUT2D eigenvalue weighted by atomic mass is 16.2. The molecule has 4 rings (SSSR count). The normalized spacial score (nSPS) is 19.5. The van der Waals surface area contributed by atoms with Crippen molar-refractivity contribution in [3.63, 3.8) is 0 Å². The number of benzene rings is 2. The Kier molecular flexibility index (Phi) is 7.38. The summed E-state index contributed by atoms with van der Waals surface area (Å²) in [5.41, 5.74) is 2.55. The van der Waals surface area contributed by atoms with Crippen molar-refractivity contribution in [3.05, 3.63) is 71.8 Å². The molecule has 30 heavy (non-hydrogen) atoms. The average molecular weight is 407 g/mol.